The van der Waals surface area contributed by atoms with Crippen LogP contribution in [0.3, 0.4) is 0 Å². The average molecular weight is 318 g/mol. The van der Waals surface area contributed by atoms with Gasteiger partial charge in [0.05, 0.1) is 14.2 Å². The summed E-state index contributed by atoms with van der Waals surface area (Å²) in [5.41, 5.74) is -0.563. The molecule has 0 aliphatic carbocycles. The summed E-state index contributed by atoms with van der Waals surface area (Å²) in [6.07, 6.45) is -0.173. The van der Waals surface area contributed by atoms with Gasteiger partial charge in [0.1, 0.15) is 11.6 Å². The van der Waals surface area contributed by atoms with Crippen molar-refractivity contribution in [2.75, 3.05) is 27.3 Å². The van der Waals surface area contributed by atoms with E-state index in [2.05, 4.69) is 20.1 Å². The normalized spacial score (nSPS) is 12.2. The zero-order valence-electron chi connectivity index (χ0n) is 13.9. The van der Waals surface area contributed by atoms with Gasteiger partial charge >= 0.3 is 18.0 Å². The van der Waals surface area contributed by atoms with Crippen molar-refractivity contribution in [1.29, 1.82) is 0 Å². The molecule has 128 valence electrons. The van der Waals surface area contributed by atoms with Gasteiger partial charge < -0.3 is 24.8 Å². The van der Waals surface area contributed by atoms with Crippen molar-refractivity contribution in [2.24, 2.45) is 0 Å². The molecule has 8 heteroatoms. The first-order valence-electron chi connectivity index (χ1n) is 7.04. The molecule has 1 amide bonds. The summed E-state index contributed by atoms with van der Waals surface area (Å²) in [5.74, 6) is -0.872. The molecule has 0 radical (unpaired) electrons. The first-order chi connectivity index (χ1) is 10.2. The highest BCUT2D eigenvalue weighted by molar-refractivity contribution is 5.77. The van der Waals surface area contributed by atoms with Crippen molar-refractivity contribution < 1.29 is 28.6 Å². The van der Waals surface area contributed by atoms with E-state index in [0.29, 0.717) is 6.54 Å². The highest BCUT2D eigenvalue weighted by Crippen LogP contribution is 2.06. The number of carbonyl (C=O) groups is 3. The summed E-state index contributed by atoms with van der Waals surface area (Å²) in [5, 5.41) is 5.48. The number of methoxy groups -OCH3 is 2. The Morgan fingerprint density at radius 1 is 1.05 bits per heavy atom. The Balaban J connectivity index is 4.10. The molecule has 0 spiro atoms. The van der Waals surface area contributed by atoms with Crippen molar-refractivity contribution >= 4 is 18.0 Å². The second kappa shape index (κ2) is 9.99. The van der Waals surface area contributed by atoms with Crippen molar-refractivity contribution in [1.82, 2.24) is 10.6 Å². The van der Waals surface area contributed by atoms with Gasteiger partial charge in [0.25, 0.3) is 0 Å². The molecule has 0 bridgehead atoms. The Bertz CT molecular complexity index is 378. The summed E-state index contributed by atoms with van der Waals surface area (Å²) >= 11 is 0. The summed E-state index contributed by atoms with van der Waals surface area (Å²) in [4.78, 5) is 34.1. The number of esters is 2. The second-order valence-electron chi connectivity index (χ2n) is 5.57. The van der Waals surface area contributed by atoms with E-state index in [1.165, 1.54) is 14.2 Å². The van der Waals surface area contributed by atoms with E-state index in [-0.39, 0.29) is 19.4 Å². The van der Waals surface area contributed by atoms with Crippen LogP contribution in [0.4, 0.5) is 4.79 Å². The minimum Gasteiger partial charge on any atom is -0.469 e. The van der Waals surface area contributed by atoms with Crippen LogP contribution in [0.5, 0.6) is 0 Å². The molecule has 0 saturated carbocycles. The Kier molecular flexibility index (Phi) is 9.16. The van der Waals surface area contributed by atoms with Crippen molar-refractivity contribution in [2.45, 2.75) is 45.3 Å². The minimum atomic E-state index is -0.635. The lowest BCUT2D eigenvalue weighted by Crippen LogP contribution is -2.43. The van der Waals surface area contributed by atoms with E-state index >= 15 is 0 Å². The Morgan fingerprint density at radius 2 is 1.68 bits per heavy atom. The van der Waals surface area contributed by atoms with E-state index in [9.17, 15) is 14.4 Å². The summed E-state index contributed by atoms with van der Waals surface area (Å²) in [6, 6.07) is -0.635. The number of rotatable bonds is 8. The third-order valence-electron chi connectivity index (χ3n) is 2.53. The summed E-state index contributed by atoms with van der Waals surface area (Å²) < 4.78 is 14.3. The van der Waals surface area contributed by atoms with Gasteiger partial charge in [-0.1, -0.05) is 0 Å². The Hall–Kier alpha value is -1.83. The van der Waals surface area contributed by atoms with E-state index in [1.807, 2.05) is 0 Å². The molecule has 0 fully saturated rings. The molecular formula is C14H26N2O6. The quantitative estimate of drug-likeness (QED) is 0.383. The SMILES string of the molecule is COC(=O)CCC(NCCNC(=O)OC(C)(C)C)C(=O)OC. The van der Waals surface area contributed by atoms with Gasteiger partial charge in [0, 0.05) is 19.5 Å². The topological polar surface area (TPSA) is 103 Å². The minimum absolute atomic E-state index is 0.1000. The lowest BCUT2D eigenvalue weighted by molar-refractivity contribution is -0.144. The summed E-state index contributed by atoms with van der Waals surface area (Å²) in [7, 11) is 2.56. The van der Waals surface area contributed by atoms with Gasteiger partial charge in [-0.25, -0.2) is 4.79 Å². The van der Waals surface area contributed by atoms with Crippen LogP contribution >= 0.6 is 0 Å². The number of hydrogen-bond donors (Lipinski definition) is 2. The molecule has 0 aliphatic heterocycles. The molecule has 1 atom stereocenters. The fourth-order valence-corrected chi connectivity index (χ4v) is 1.53. The largest absolute Gasteiger partial charge is 0.469 e. The highest BCUT2D eigenvalue weighted by atomic mass is 16.6. The number of nitrogens with one attached hydrogen (secondary N) is 2. The number of ether oxygens (including phenoxy) is 3. The van der Waals surface area contributed by atoms with Crippen LogP contribution in [0, 0.1) is 0 Å². The van der Waals surface area contributed by atoms with Gasteiger partial charge in [-0.05, 0) is 27.2 Å². The molecule has 22 heavy (non-hydrogen) atoms. The zero-order valence-corrected chi connectivity index (χ0v) is 13.9. The average Bonchev–Trinajstić information content (AvgIpc) is 2.43. The maximum atomic E-state index is 11.6. The third kappa shape index (κ3) is 9.98. The van der Waals surface area contributed by atoms with E-state index in [4.69, 9.17) is 4.74 Å². The lowest BCUT2D eigenvalue weighted by Gasteiger charge is -2.20. The molecule has 0 saturated heterocycles. The Labute approximate surface area is 130 Å². The molecule has 2 N–H and O–H groups in total. The highest BCUT2D eigenvalue weighted by Gasteiger charge is 2.20. The molecular weight excluding hydrogens is 292 g/mol. The van der Waals surface area contributed by atoms with Crippen molar-refractivity contribution in [3.05, 3.63) is 0 Å². The van der Waals surface area contributed by atoms with Gasteiger partial charge in [0.15, 0.2) is 0 Å². The van der Waals surface area contributed by atoms with E-state index in [0.717, 1.165) is 0 Å². The van der Waals surface area contributed by atoms with Crippen LogP contribution in [-0.2, 0) is 23.8 Å². The van der Waals surface area contributed by atoms with Crippen LogP contribution in [0.15, 0.2) is 0 Å². The number of amides is 1. The molecule has 0 aromatic rings. The van der Waals surface area contributed by atoms with Gasteiger partial charge in [-0.15, -0.1) is 0 Å². The zero-order chi connectivity index (χ0) is 17.2. The van der Waals surface area contributed by atoms with E-state index in [1.54, 1.807) is 20.8 Å². The van der Waals surface area contributed by atoms with Crippen LogP contribution in [-0.4, -0.2) is 57.0 Å². The first kappa shape index (κ1) is 20.2. The van der Waals surface area contributed by atoms with Crippen LogP contribution in [0.25, 0.3) is 0 Å². The summed E-state index contributed by atoms with van der Waals surface area (Å²) in [6.45, 7) is 5.92. The predicted octanol–water partition coefficient (Wildman–Crippen LogP) is 0.596. The van der Waals surface area contributed by atoms with Crippen molar-refractivity contribution in [3.63, 3.8) is 0 Å². The molecule has 0 aromatic heterocycles. The van der Waals surface area contributed by atoms with Gasteiger partial charge in [0.2, 0.25) is 0 Å². The van der Waals surface area contributed by atoms with Crippen LogP contribution in [0.2, 0.25) is 0 Å². The fraction of sp³-hybridized carbons (Fsp3) is 0.786. The predicted molar refractivity (Wildman–Crippen MR) is 79.3 cm³/mol. The van der Waals surface area contributed by atoms with Crippen LogP contribution < -0.4 is 10.6 Å². The maximum absolute atomic E-state index is 11.6. The molecule has 8 nitrogen and oxygen atoms in total. The third-order valence-corrected chi connectivity index (χ3v) is 2.53. The van der Waals surface area contributed by atoms with Gasteiger partial charge in [-0.2, -0.15) is 0 Å². The smallest absolute Gasteiger partial charge is 0.407 e. The fourth-order valence-electron chi connectivity index (χ4n) is 1.53. The molecule has 1 unspecified atom stereocenters. The molecule has 0 heterocycles. The monoisotopic (exact) mass is 318 g/mol. The molecule has 0 aliphatic rings. The van der Waals surface area contributed by atoms with Gasteiger partial charge in [-0.3, -0.25) is 9.59 Å². The van der Waals surface area contributed by atoms with E-state index < -0.39 is 29.7 Å². The molecule has 0 aromatic carbocycles. The maximum Gasteiger partial charge on any atom is 0.407 e. The lowest BCUT2D eigenvalue weighted by atomic mass is 10.1. The molecule has 0 rings (SSSR count). The number of carbonyl (C=O) groups excluding carboxylic acids is 3. The first-order valence-corrected chi connectivity index (χ1v) is 7.04. The van der Waals surface area contributed by atoms with Crippen LogP contribution in [0.1, 0.15) is 33.6 Å². The number of hydrogen-bond acceptors (Lipinski definition) is 7. The standard InChI is InChI=1S/C14H26N2O6/c1-14(2,3)22-13(19)16-9-8-15-10(12(18)21-5)6-7-11(17)20-4/h10,15H,6-9H2,1-5H3,(H,16,19). The van der Waals surface area contributed by atoms with Crippen molar-refractivity contribution in [3.8, 4) is 0 Å². The second-order valence-corrected chi connectivity index (χ2v) is 5.57. The Morgan fingerprint density at radius 3 is 2.18 bits per heavy atom. The number of alkyl carbamates (subject to hydrolysis) is 1.